The molecule has 0 bridgehead atoms. The van der Waals surface area contributed by atoms with Crippen molar-refractivity contribution in [3.8, 4) is 26.9 Å². The van der Waals surface area contributed by atoms with Crippen LogP contribution in [-0.4, -0.2) is 28.2 Å². The molecule has 0 aliphatic heterocycles. The summed E-state index contributed by atoms with van der Waals surface area (Å²) >= 11 is 1.46. The normalized spacial score (nSPS) is 10.8. The lowest BCUT2D eigenvalue weighted by molar-refractivity contribution is 0.0945. The van der Waals surface area contributed by atoms with Crippen molar-refractivity contribution in [3.63, 3.8) is 0 Å². The van der Waals surface area contributed by atoms with Crippen LogP contribution in [0.25, 0.3) is 21.1 Å². The number of carbonyl (C=O) groups excluding carboxylic acids is 1. The van der Waals surface area contributed by atoms with E-state index in [-0.39, 0.29) is 17.4 Å². The fraction of sp³-hybridized carbons (Fsp3) is 0.136. The van der Waals surface area contributed by atoms with Crippen molar-refractivity contribution in [2.24, 2.45) is 0 Å². The first-order chi connectivity index (χ1) is 14.5. The van der Waals surface area contributed by atoms with Crippen molar-refractivity contribution in [1.82, 2.24) is 20.5 Å². The molecule has 2 aromatic carbocycles. The molecule has 0 radical (unpaired) electrons. The van der Waals surface area contributed by atoms with Gasteiger partial charge in [0.25, 0.3) is 5.91 Å². The van der Waals surface area contributed by atoms with E-state index in [1.165, 1.54) is 23.5 Å². The van der Waals surface area contributed by atoms with Gasteiger partial charge in [0.2, 0.25) is 0 Å². The quantitative estimate of drug-likeness (QED) is 0.476. The zero-order valence-electron chi connectivity index (χ0n) is 16.4. The van der Waals surface area contributed by atoms with Crippen LogP contribution in [0.15, 0.2) is 54.6 Å². The predicted molar refractivity (Wildman–Crippen MR) is 114 cm³/mol. The van der Waals surface area contributed by atoms with Gasteiger partial charge in [-0.15, -0.1) is 11.3 Å². The topological polar surface area (TPSA) is 79.9 Å². The maximum atomic E-state index is 13.2. The third-order valence-electron chi connectivity index (χ3n) is 4.57. The number of halogens is 1. The van der Waals surface area contributed by atoms with E-state index in [0.29, 0.717) is 18.0 Å². The van der Waals surface area contributed by atoms with Gasteiger partial charge in [-0.2, -0.15) is 5.10 Å². The molecule has 30 heavy (non-hydrogen) atoms. The molecule has 2 aromatic heterocycles. The van der Waals surface area contributed by atoms with E-state index in [2.05, 4.69) is 20.5 Å². The van der Waals surface area contributed by atoms with E-state index in [9.17, 15) is 9.18 Å². The van der Waals surface area contributed by atoms with Gasteiger partial charge < -0.3 is 10.1 Å². The van der Waals surface area contributed by atoms with Crippen LogP contribution in [-0.2, 0) is 6.54 Å². The summed E-state index contributed by atoms with van der Waals surface area (Å²) in [4.78, 5) is 18.0. The Balaban J connectivity index is 1.50. The summed E-state index contributed by atoms with van der Waals surface area (Å²) in [7, 11) is 1.60. The Morgan fingerprint density at radius 2 is 1.97 bits per heavy atom. The van der Waals surface area contributed by atoms with Gasteiger partial charge in [-0.3, -0.25) is 9.89 Å². The van der Waals surface area contributed by atoms with Gasteiger partial charge in [0.15, 0.2) is 5.69 Å². The minimum absolute atomic E-state index is 0.287. The maximum absolute atomic E-state index is 13.2. The lowest BCUT2D eigenvalue weighted by Crippen LogP contribution is -2.23. The van der Waals surface area contributed by atoms with Gasteiger partial charge in [0, 0.05) is 17.7 Å². The van der Waals surface area contributed by atoms with Crippen molar-refractivity contribution in [1.29, 1.82) is 0 Å². The predicted octanol–water partition coefficient (Wildman–Crippen LogP) is 4.59. The highest BCUT2D eigenvalue weighted by Crippen LogP contribution is 2.34. The number of aromatic amines is 1. The van der Waals surface area contributed by atoms with E-state index in [0.717, 1.165) is 26.7 Å². The number of aromatic nitrogens is 3. The van der Waals surface area contributed by atoms with Crippen molar-refractivity contribution < 1.29 is 13.9 Å². The standard InChI is InChI=1S/C22H19FN4O2S/c1-13-20(30-22(25-13)14-7-9-16(23)10-8-14)17-11-18(27-26-17)21(28)24-12-15-5-3-4-6-19(15)29-2/h3-11H,12H2,1-2H3,(H,24,28)(H,26,27). The first kappa shape index (κ1) is 19.8. The number of carbonyl (C=O) groups is 1. The van der Waals surface area contributed by atoms with Gasteiger partial charge in [-0.05, 0) is 43.3 Å². The number of methoxy groups -OCH3 is 1. The van der Waals surface area contributed by atoms with Crippen molar-refractivity contribution in [3.05, 3.63) is 77.4 Å². The number of hydrogen-bond donors (Lipinski definition) is 2. The second-order valence-electron chi connectivity index (χ2n) is 6.60. The monoisotopic (exact) mass is 422 g/mol. The fourth-order valence-corrected chi connectivity index (χ4v) is 4.07. The molecular formula is C22H19FN4O2S. The molecule has 0 unspecified atom stereocenters. The van der Waals surface area contributed by atoms with Gasteiger partial charge in [0.1, 0.15) is 16.6 Å². The number of amides is 1. The highest BCUT2D eigenvalue weighted by molar-refractivity contribution is 7.18. The van der Waals surface area contributed by atoms with Crippen LogP contribution >= 0.6 is 11.3 Å². The van der Waals surface area contributed by atoms with Crippen molar-refractivity contribution in [2.75, 3.05) is 7.11 Å². The maximum Gasteiger partial charge on any atom is 0.272 e. The molecule has 6 nitrogen and oxygen atoms in total. The fourth-order valence-electron chi connectivity index (χ4n) is 3.03. The summed E-state index contributed by atoms with van der Waals surface area (Å²) in [5.74, 6) is 0.142. The summed E-state index contributed by atoms with van der Waals surface area (Å²) in [5, 5.41) is 10.7. The number of ether oxygens (including phenoxy) is 1. The van der Waals surface area contributed by atoms with Gasteiger partial charge in [-0.25, -0.2) is 9.37 Å². The average molecular weight is 422 g/mol. The number of H-pyrrole nitrogens is 1. The second kappa shape index (κ2) is 8.46. The molecule has 0 atom stereocenters. The third kappa shape index (κ3) is 4.08. The molecule has 0 fully saturated rings. The number of benzene rings is 2. The van der Waals surface area contributed by atoms with E-state index in [1.54, 1.807) is 25.3 Å². The Morgan fingerprint density at radius 3 is 2.73 bits per heavy atom. The number of nitrogens with one attached hydrogen (secondary N) is 2. The van der Waals surface area contributed by atoms with Gasteiger partial charge in [-0.1, -0.05) is 18.2 Å². The van der Waals surface area contributed by atoms with E-state index >= 15 is 0 Å². The molecule has 0 saturated heterocycles. The minimum Gasteiger partial charge on any atom is -0.496 e. The van der Waals surface area contributed by atoms with Crippen molar-refractivity contribution in [2.45, 2.75) is 13.5 Å². The van der Waals surface area contributed by atoms with Crippen LogP contribution < -0.4 is 10.1 Å². The summed E-state index contributed by atoms with van der Waals surface area (Å²) in [6, 6.07) is 15.4. The summed E-state index contributed by atoms with van der Waals surface area (Å²) < 4.78 is 18.5. The smallest absolute Gasteiger partial charge is 0.272 e. The second-order valence-corrected chi connectivity index (χ2v) is 7.60. The zero-order chi connectivity index (χ0) is 21.1. The van der Waals surface area contributed by atoms with E-state index in [4.69, 9.17) is 4.74 Å². The molecular weight excluding hydrogens is 403 g/mol. The molecule has 1 amide bonds. The molecule has 0 spiro atoms. The lowest BCUT2D eigenvalue weighted by atomic mass is 10.2. The molecule has 0 saturated carbocycles. The summed E-state index contributed by atoms with van der Waals surface area (Å²) in [6.45, 7) is 2.22. The Labute approximate surface area is 176 Å². The van der Waals surface area contributed by atoms with Crippen LogP contribution in [0.1, 0.15) is 21.7 Å². The Kier molecular flexibility index (Phi) is 5.58. The molecule has 0 aliphatic carbocycles. The molecule has 152 valence electrons. The molecule has 2 heterocycles. The molecule has 4 rings (SSSR count). The number of thiazole rings is 1. The number of hydrogen-bond acceptors (Lipinski definition) is 5. The largest absolute Gasteiger partial charge is 0.496 e. The first-order valence-electron chi connectivity index (χ1n) is 9.24. The SMILES string of the molecule is COc1ccccc1CNC(=O)c1cc(-c2sc(-c3ccc(F)cc3)nc2C)[nH]n1. The highest BCUT2D eigenvalue weighted by atomic mass is 32.1. The third-order valence-corrected chi connectivity index (χ3v) is 5.81. The van der Waals surface area contributed by atoms with E-state index in [1.807, 2.05) is 31.2 Å². The number of nitrogens with zero attached hydrogens (tertiary/aromatic N) is 2. The summed E-state index contributed by atoms with van der Waals surface area (Å²) in [6.07, 6.45) is 0. The highest BCUT2D eigenvalue weighted by Gasteiger charge is 2.17. The first-order valence-corrected chi connectivity index (χ1v) is 10.1. The average Bonchev–Trinajstić information content (AvgIpc) is 3.39. The van der Waals surface area contributed by atoms with Crippen LogP contribution in [0.2, 0.25) is 0 Å². The van der Waals surface area contributed by atoms with Crippen LogP contribution in [0, 0.1) is 12.7 Å². The van der Waals surface area contributed by atoms with Crippen LogP contribution in [0.4, 0.5) is 4.39 Å². The number of aryl methyl sites for hydroxylation is 1. The molecule has 8 heteroatoms. The van der Waals surface area contributed by atoms with Crippen LogP contribution in [0.5, 0.6) is 5.75 Å². The lowest BCUT2D eigenvalue weighted by Gasteiger charge is -2.08. The number of rotatable bonds is 6. The van der Waals surface area contributed by atoms with E-state index < -0.39 is 0 Å². The zero-order valence-corrected chi connectivity index (χ0v) is 17.2. The Hall–Kier alpha value is -3.52. The molecule has 2 N–H and O–H groups in total. The molecule has 4 aromatic rings. The summed E-state index contributed by atoms with van der Waals surface area (Å²) in [5.41, 5.74) is 3.53. The Bertz CT molecular complexity index is 1180. The molecule has 0 aliphatic rings. The Morgan fingerprint density at radius 1 is 1.20 bits per heavy atom. The number of para-hydroxylation sites is 1. The minimum atomic E-state index is -0.288. The van der Waals surface area contributed by atoms with Gasteiger partial charge >= 0.3 is 0 Å². The van der Waals surface area contributed by atoms with Crippen LogP contribution in [0.3, 0.4) is 0 Å². The van der Waals surface area contributed by atoms with Gasteiger partial charge in [0.05, 0.1) is 23.4 Å². The van der Waals surface area contributed by atoms with Crippen molar-refractivity contribution >= 4 is 17.2 Å².